The molecule has 3 rings (SSSR count). The Morgan fingerprint density at radius 1 is 1.12 bits per heavy atom. The van der Waals surface area contributed by atoms with E-state index in [4.69, 9.17) is 4.74 Å². The molecule has 0 unspecified atom stereocenters. The molecule has 2 aromatic rings. The van der Waals surface area contributed by atoms with E-state index in [9.17, 15) is 4.79 Å². The summed E-state index contributed by atoms with van der Waals surface area (Å²) < 4.78 is 5.60. The number of likely N-dealkylation sites (N-methyl/N-ethyl adjacent to an activating group) is 1. The van der Waals surface area contributed by atoms with Crippen LogP contribution in [-0.2, 0) is 10.2 Å². The summed E-state index contributed by atoms with van der Waals surface area (Å²) in [7, 11) is 2.01. The molecule has 24 heavy (non-hydrogen) atoms. The number of aryl methyl sites for hydroxylation is 1. The second kappa shape index (κ2) is 6.16. The molecule has 1 aliphatic rings. The van der Waals surface area contributed by atoms with Crippen LogP contribution in [0.25, 0.3) is 0 Å². The Labute approximate surface area is 143 Å². The summed E-state index contributed by atoms with van der Waals surface area (Å²) in [6.07, 6.45) is 1.72. The first-order valence-electron chi connectivity index (χ1n) is 8.17. The van der Waals surface area contributed by atoms with Crippen LogP contribution in [0.4, 0.5) is 5.69 Å². The van der Waals surface area contributed by atoms with Gasteiger partial charge in [-0.05, 0) is 30.7 Å². The molecular formula is C21H23NO2. The summed E-state index contributed by atoms with van der Waals surface area (Å²) in [6.45, 7) is 6.37. The number of anilines is 1. The minimum absolute atomic E-state index is 0.0293. The van der Waals surface area contributed by atoms with E-state index in [0.29, 0.717) is 0 Å². The van der Waals surface area contributed by atoms with Gasteiger partial charge in [-0.3, -0.25) is 4.79 Å². The maximum absolute atomic E-state index is 12.4. The van der Waals surface area contributed by atoms with E-state index < -0.39 is 0 Å². The zero-order chi connectivity index (χ0) is 17.3. The quantitative estimate of drug-likeness (QED) is 0.788. The Bertz CT molecular complexity index is 788. The van der Waals surface area contributed by atoms with E-state index in [1.54, 1.807) is 6.08 Å². The molecule has 0 radical (unpaired) electrons. The summed E-state index contributed by atoms with van der Waals surface area (Å²) in [5.74, 6) is 0.688. The third-order valence-corrected chi connectivity index (χ3v) is 4.64. The molecule has 0 amide bonds. The van der Waals surface area contributed by atoms with Gasteiger partial charge < -0.3 is 9.64 Å². The van der Waals surface area contributed by atoms with Gasteiger partial charge in [0.1, 0.15) is 5.75 Å². The van der Waals surface area contributed by atoms with Gasteiger partial charge in [-0.15, -0.1) is 0 Å². The van der Waals surface area contributed by atoms with Gasteiger partial charge in [0, 0.05) is 29.9 Å². The zero-order valence-electron chi connectivity index (χ0n) is 14.7. The second-order valence-corrected chi connectivity index (χ2v) is 6.80. The summed E-state index contributed by atoms with van der Waals surface area (Å²) in [4.78, 5) is 14.5. The number of hydrogen-bond donors (Lipinski definition) is 0. The van der Waals surface area contributed by atoms with E-state index in [0.717, 1.165) is 17.1 Å². The van der Waals surface area contributed by atoms with Crippen LogP contribution in [0.15, 0.2) is 60.3 Å². The fraction of sp³-hybridized carbons (Fsp3) is 0.286. The van der Waals surface area contributed by atoms with Gasteiger partial charge in [0.05, 0.1) is 0 Å². The number of hydrogen-bond acceptors (Lipinski definition) is 3. The predicted octanol–water partition coefficient (Wildman–Crippen LogP) is 4.25. The number of carbonyl (C=O) groups excluding carboxylic acids is 1. The summed E-state index contributed by atoms with van der Waals surface area (Å²) in [6, 6.07) is 16.0. The van der Waals surface area contributed by atoms with Crippen LogP contribution >= 0.6 is 0 Å². The van der Waals surface area contributed by atoms with E-state index in [-0.39, 0.29) is 17.8 Å². The lowest BCUT2D eigenvalue weighted by Crippen LogP contribution is -2.25. The van der Waals surface area contributed by atoms with Gasteiger partial charge in [-0.25, -0.2) is 0 Å². The first-order chi connectivity index (χ1) is 11.4. The van der Waals surface area contributed by atoms with Crippen molar-refractivity contribution in [3.8, 4) is 5.75 Å². The Morgan fingerprint density at radius 3 is 2.46 bits per heavy atom. The topological polar surface area (TPSA) is 29.5 Å². The maximum atomic E-state index is 12.4. The zero-order valence-corrected chi connectivity index (χ0v) is 14.7. The van der Waals surface area contributed by atoms with Crippen LogP contribution in [0.3, 0.4) is 0 Å². The number of ether oxygens (including phenoxy) is 1. The highest BCUT2D eigenvalue weighted by atomic mass is 16.5. The molecule has 0 saturated heterocycles. The summed E-state index contributed by atoms with van der Waals surface area (Å²) in [5, 5.41) is 0. The third kappa shape index (κ3) is 2.94. The van der Waals surface area contributed by atoms with Crippen molar-refractivity contribution in [2.24, 2.45) is 0 Å². The largest absolute Gasteiger partial charge is 0.485 e. The summed E-state index contributed by atoms with van der Waals surface area (Å²) in [5.41, 5.74) is 4.38. The molecule has 0 N–H and O–H groups in total. The lowest BCUT2D eigenvalue weighted by Gasteiger charge is -2.23. The Hall–Kier alpha value is -2.55. The Kier molecular flexibility index (Phi) is 4.18. The molecule has 0 spiro atoms. The minimum atomic E-state index is -0.190. The molecule has 124 valence electrons. The van der Waals surface area contributed by atoms with Crippen LogP contribution in [0.5, 0.6) is 5.75 Å². The molecule has 0 aromatic heterocycles. The number of para-hydroxylation sites is 1. The van der Waals surface area contributed by atoms with E-state index in [1.807, 2.05) is 50.4 Å². The standard InChI is InChI=1S/C21H23NO2/c1-15-9-11-17(12-10-15)24-14-16(23)13-20-21(2,3)18-7-5-6-8-19(18)22(20)4/h5-13H,14H2,1-4H3. The predicted molar refractivity (Wildman–Crippen MR) is 97.6 cm³/mol. The van der Waals surface area contributed by atoms with Gasteiger partial charge in [0.2, 0.25) is 0 Å². The van der Waals surface area contributed by atoms with Crippen molar-refractivity contribution in [1.29, 1.82) is 0 Å². The van der Waals surface area contributed by atoms with Crippen LogP contribution in [0.2, 0.25) is 0 Å². The monoisotopic (exact) mass is 321 g/mol. The molecule has 2 aromatic carbocycles. The van der Waals surface area contributed by atoms with E-state index in [1.165, 1.54) is 11.1 Å². The third-order valence-electron chi connectivity index (χ3n) is 4.64. The molecular weight excluding hydrogens is 298 g/mol. The lowest BCUT2D eigenvalue weighted by atomic mass is 9.83. The fourth-order valence-electron chi connectivity index (χ4n) is 3.24. The number of rotatable bonds is 4. The van der Waals surface area contributed by atoms with Crippen LogP contribution in [0.1, 0.15) is 25.0 Å². The molecule has 1 aliphatic heterocycles. The Morgan fingerprint density at radius 2 is 1.79 bits per heavy atom. The molecule has 0 fully saturated rings. The molecule has 0 bridgehead atoms. The molecule has 3 nitrogen and oxygen atoms in total. The first kappa shape index (κ1) is 16.3. The maximum Gasteiger partial charge on any atom is 0.194 e. The van der Waals surface area contributed by atoms with Gasteiger partial charge in [0.25, 0.3) is 0 Å². The first-order valence-corrected chi connectivity index (χ1v) is 8.17. The number of allylic oxidation sites excluding steroid dienone is 1. The molecule has 3 heteroatoms. The fourth-order valence-corrected chi connectivity index (χ4v) is 3.24. The molecule has 0 atom stereocenters. The van der Waals surface area contributed by atoms with Crippen LogP contribution < -0.4 is 9.64 Å². The smallest absolute Gasteiger partial charge is 0.194 e. The van der Waals surface area contributed by atoms with Crippen LogP contribution in [-0.4, -0.2) is 19.4 Å². The highest BCUT2D eigenvalue weighted by Crippen LogP contribution is 2.46. The number of nitrogens with zero attached hydrogens (tertiary/aromatic N) is 1. The highest BCUT2D eigenvalue weighted by molar-refractivity contribution is 5.93. The average molecular weight is 321 g/mol. The molecule has 0 aliphatic carbocycles. The highest BCUT2D eigenvalue weighted by Gasteiger charge is 2.38. The average Bonchev–Trinajstić information content (AvgIpc) is 2.76. The van der Waals surface area contributed by atoms with Crippen molar-refractivity contribution in [3.05, 3.63) is 71.4 Å². The normalized spacial score (nSPS) is 17.0. The number of ketones is 1. The minimum Gasteiger partial charge on any atom is -0.485 e. The van der Waals surface area contributed by atoms with Crippen molar-refractivity contribution in [1.82, 2.24) is 0 Å². The van der Waals surface area contributed by atoms with Gasteiger partial charge in [-0.1, -0.05) is 49.7 Å². The SMILES string of the molecule is Cc1ccc(OCC(=O)C=C2N(C)c3ccccc3C2(C)C)cc1. The summed E-state index contributed by atoms with van der Waals surface area (Å²) >= 11 is 0. The van der Waals surface area contributed by atoms with Gasteiger partial charge >= 0.3 is 0 Å². The molecule has 0 saturated carbocycles. The van der Waals surface area contributed by atoms with Crippen molar-refractivity contribution >= 4 is 11.5 Å². The Balaban J connectivity index is 1.76. The van der Waals surface area contributed by atoms with E-state index >= 15 is 0 Å². The van der Waals surface area contributed by atoms with Crippen molar-refractivity contribution in [2.45, 2.75) is 26.2 Å². The van der Waals surface area contributed by atoms with Gasteiger partial charge in [-0.2, -0.15) is 0 Å². The van der Waals surface area contributed by atoms with Crippen molar-refractivity contribution in [2.75, 3.05) is 18.6 Å². The lowest BCUT2D eigenvalue weighted by molar-refractivity contribution is -0.116. The number of fused-ring (bicyclic) bond motifs is 1. The van der Waals surface area contributed by atoms with Crippen LogP contribution in [0, 0.1) is 6.92 Å². The van der Waals surface area contributed by atoms with Gasteiger partial charge in [0.15, 0.2) is 12.4 Å². The number of benzene rings is 2. The number of carbonyl (C=O) groups is 1. The van der Waals surface area contributed by atoms with Crippen molar-refractivity contribution in [3.63, 3.8) is 0 Å². The van der Waals surface area contributed by atoms with E-state index in [2.05, 4.69) is 30.9 Å². The van der Waals surface area contributed by atoms with Crippen molar-refractivity contribution < 1.29 is 9.53 Å². The second-order valence-electron chi connectivity index (χ2n) is 6.80. The molecule has 1 heterocycles.